The molecule has 1 aliphatic rings. The van der Waals surface area contributed by atoms with Crippen molar-refractivity contribution >= 4 is 38.4 Å². The molecular weight excluding hydrogens is 242 g/mol. The summed E-state index contributed by atoms with van der Waals surface area (Å²) in [5.74, 6) is 0. The lowest BCUT2D eigenvalue weighted by Crippen LogP contribution is -2.27. The van der Waals surface area contributed by atoms with E-state index >= 15 is 0 Å². The second kappa shape index (κ2) is 3.02. The van der Waals surface area contributed by atoms with E-state index in [0.29, 0.717) is 13.1 Å². The van der Waals surface area contributed by atoms with Crippen LogP contribution in [0, 0.1) is 0 Å². The Morgan fingerprint density at radius 2 is 2.58 bits per heavy atom. The van der Waals surface area contributed by atoms with Gasteiger partial charge in [-0.15, -0.1) is 0 Å². The fraction of sp³-hybridized carbons (Fsp3) is 0.333. The zero-order valence-corrected chi connectivity index (χ0v) is 8.48. The van der Waals surface area contributed by atoms with Crippen LogP contribution in [0.2, 0.25) is 0 Å². The Hall–Kier alpha value is -0.620. The fourth-order valence-corrected chi connectivity index (χ4v) is 2.23. The van der Waals surface area contributed by atoms with E-state index in [1.807, 2.05) is 0 Å². The number of nitrogens with zero attached hydrogens (tertiary/aromatic N) is 2. The Morgan fingerprint density at radius 1 is 1.75 bits per heavy atom. The number of thiazole rings is 1. The number of halogens is 1. The normalized spacial score (nSPS) is 16.8. The Kier molecular flexibility index (Phi) is 2.02. The predicted octanol–water partition coefficient (Wildman–Crippen LogP) is 1.44. The fourth-order valence-electron chi connectivity index (χ4n) is 1.02. The topological polar surface area (TPSA) is 45.2 Å². The molecule has 2 heterocycles. The quantitative estimate of drug-likeness (QED) is 0.817. The number of rotatable bonds is 1. The maximum atomic E-state index is 11.2. The minimum atomic E-state index is -0.0585. The number of hydrogen-bond acceptors (Lipinski definition) is 3. The SMILES string of the molecule is O=C1NCCN1c1ncc(Br)s1. The lowest BCUT2D eigenvalue weighted by molar-refractivity contribution is 0.252. The highest BCUT2D eigenvalue weighted by Crippen LogP contribution is 2.27. The molecule has 12 heavy (non-hydrogen) atoms. The van der Waals surface area contributed by atoms with Crippen LogP contribution in [0.15, 0.2) is 9.98 Å². The Morgan fingerprint density at radius 3 is 3.08 bits per heavy atom. The molecule has 0 bridgehead atoms. The van der Waals surface area contributed by atoms with Crippen LogP contribution in [0.5, 0.6) is 0 Å². The smallest absolute Gasteiger partial charge is 0.323 e. The van der Waals surface area contributed by atoms with Gasteiger partial charge in [-0.3, -0.25) is 4.90 Å². The van der Waals surface area contributed by atoms with Crippen LogP contribution in [0.4, 0.5) is 9.93 Å². The molecule has 2 rings (SSSR count). The van der Waals surface area contributed by atoms with Gasteiger partial charge >= 0.3 is 6.03 Å². The van der Waals surface area contributed by atoms with E-state index in [1.165, 1.54) is 11.3 Å². The summed E-state index contributed by atoms with van der Waals surface area (Å²) >= 11 is 4.76. The Bertz CT molecular complexity index is 313. The monoisotopic (exact) mass is 247 g/mol. The minimum absolute atomic E-state index is 0.0585. The summed E-state index contributed by atoms with van der Waals surface area (Å²) in [5.41, 5.74) is 0. The van der Waals surface area contributed by atoms with Gasteiger partial charge in [0.25, 0.3) is 0 Å². The van der Waals surface area contributed by atoms with E-state index in [4.69, 9.17) is 0 Å². The van der Waals surface area contributed by atoms with Crippen LogP contribution < -0.4 is 10.2 Å². The van der Waals surface area contributed by atoms with Crippen molar-refractivity contribution in [3.8, 4) is 0 Å². The number of carbonyl (C=O) groups excluding carboxylic acids is 1. The van der Waals surface area contributed by atoms with E-state index in [2.05, 4.69) is 26.2 Å². The van der Waals surface area contributed by atoms with Gasteiger partial charge in [-0.1, -0.05) is 11.3 Å². The highest BCUT2D eigenvalue weighted by atomic mass is 79.9. The van der Waals surface area contributed by atoms with Gasteiger partial charge < -0.3 is 5.32 Å². The van der Waals surface area contributed by atoms with Crippen LogP contribution in [0.25, 0.3) is 0 Å². The molecule has 0 aromatic carbocycles. The lowest BCUT2D eigenvalue weighted by atomic mass is 10.6. The average molecular weight is 248 g/mol. The molecule has 6 heteroatoms. The van der Waals surface area contributed by atoms with E-state index in [0.717, 1.165) is 8.92 Å². The molecule has 1 aliphatic heterocycles. The van der Waals surface area contributed by atoms with Crippen molar-refractivity contribution < 1.29 is 4.79 Å². The summed E-state index contributed by atoms with van der Waals surface area (Å²) in [6.07, 6.45) is 1.70. The van der Waals surface area contributed by atoms with Crippen molar-refractivity contribution in [3.05, 3.63) is 9.98 Å². The zero-order valence-electron chi connectivity index (χ0n) is 6.08. The molecule has 4 nitrogen and oxygen atoms in total. The third kappa shape index (κ3) is 1.32. The van der Waals surface area contributed by atoms with Crippen LogP contribution in [0.1, 0.15) is 0 Å². The molecule has 64 valence electrons. The van der Waals surface area contributed by atoms with Crippen LogP contribution in [0.3, 0.4) is 0 Å². The lowest BCUT2D eigenvalue weighted by Gasteiger charge is -2.07. The first-order valence-corrected chi connectivity index (χ1v) is 5.05. The number of urea groups is 1. The van der Waals surface area contributed by atoms with Crippen molar-refractivity contribution in [2.75, 3.05) is 18.0 Å². The van der Waals surface area contributed by atoms with E-state index in [9.17, 15) is 4.79 Å². The first-order chi connectivity index (χ1) is 5.77. The predicted molar refractivity (Wildman–Crippen MR) is 50.6 cm³/mol. The highest BCUT2D eigenvalue weighted by Gasteiger charge is 2.23. The number of nitrogens with one attached hydrogen (secondary N) is 1. The third-order valence-corrected chi connectivity index (χ3v) is 3.05. The number of hydrogen-bond donors (Lipinski definition) is 1. The molecule has 1 saturated heterocycles. The minimum Gasteiger partial charge on any atom is -0.336 e. The number of anilines is 1. The molecular formula is C6H6BrN3OS. The van der Waals surface area contributed by atoms with Crippen LogP contribution in [-0.2, 0) is 0 Å². The van der Waals surface area contributed by atoms with Gasteiger partial charge in [0.15, 0.2) is 5.13 Å². The summed E-state index contributed by atoms with van der Waals surface area (Å²) in [7, 11) is 0. The molecule has 0 spiro atoms. The van der Waals surface area contributed by atoms with Crippen molar-refractivity contribution in [3.63, 3.8) is 0 Å². The van der Waals surface area contributed by atoms with Crippen LogP contribution in [-0.4, -0.2) is 24.1 Å². The van der Waals surface area contributed by atoms with Gasteiger partial charge in [-0.2, -0.15) is 0 Å². The van der Waals surface area contributed by atoms with Gasteiger partial charge in [0.1, 0.15) is 0 Å². The number of carbonyl (C=O) groups is 1. The third-order valence-electron chi connectivity index (χ3n) is 1.55. The highest BCUT2D eigenvalue weighted by molar-refractivity contribution is 9.11. The molecule has 1 aromatic heterocycles. The first kappa shape index (κ1) is 8.00. The molecule has 1 N–H and O–H groups in total. The molecule has 0 atom stereocenters. The maximum absolute atomic E-state index is 11.2. The Balaban J connectivity index is 2.24. The molecule has 1 fully saturated rings. The van der Waals surface area contributed by atoms with E-state index in [1.54, 1.807) is 11.1 Å². The van der Waals surface area contributed by atoms with Crippen molar-refractivity contribution in [1.29, 1.82) is 0 Å². The first-order valence-electron chi connectivity index (χ1n) is 3.44. The van der Waals surface area contributed by atoms with Gasteiger partial charge in [0.05, 0.1) is 9.98 Å². The molecule has 0 aliphatic carbocycles. The maximum Gasteiger partial charge on any atom is 0.323 e. The summed E-state index contributed by atoms with van der Waals surface area (Å²) < 4.78 is 0.942. The van der Waals surface area contributed by atoms with Gasteiger partial charge in [0.2, 0.25) is 0 Å². The zero-order chi connectivity index (χ0) is 8.55. The van der Waals surface area contributed by atoms with E-state index < -0.39 is 0 Å². The summed E-state index contributed by atoms with van der Waals surface area (Å²) in [6, 6.07) is -0.0585. The Labute approximate surface area is 81.7 Å². The van der Waals surface area contributed by atoms with Crippen molar-refractivity contribution in [2.45, 2.75) is 0 Å². The van der Waals surface area contributed by atoms with Gasteiger partial charge in [-0.25, -0.2) is 9.78 Å². The summed E-state index contributed by atoms with van der Waals surface area (Å²) in [4.78, 5) is 16.9. The average Bonchev–Trinajstić information content (AvgIpc) is 2.58. The molecule has 2 amide bonds. The van der Waals surface area contributed by atoms with E-state index in [-0.39, 0.29) is 6.03 Å². The molecule has 0 radical (unpaired) electrons. The van der Waals surface area contributed by atoms with Crippen molar-refractivity contribution in [2.24, 2.45) is 0 Å². The molecule has 1 aromatic rings. The standard InChI is InChI=1S/C6H6BrN3OS/c7-4-3-9-6(12-4)10-2-1-8-5(10)11/h3H,1-2H2,(H,8,11). The number of aromatic nitrogens is 1. The second-order valence-corrected chi connectivity index (χ2v) is 4.72. The van der Waals surface area contributed by atoms with Gasteiger partial charge in [-0.05, 0) is 15.9 Å². The second-order valence-electron chi connectivity index (χ2n) is 2.33. The molecule has 0 unspecified atom stereocenters. The van der Waals surface area contributed by atoms with Gasteiger partial charge in [0, 0.05) is 13.1 Å². The summed E-state index contributed by atoms with van der Waals surface area (Å²) in [6.45, 7) is 1.41. The largest absolute Gasteiger partial charge is 0.336 e. The van der Waals surface area contributed by atoms with Crippen LogP contribution >= 0.6 is 27.3 Å². The number of amides is 2. The van der Waals surface area contributed by atoms with Crippen molar-refractivity contribution in [1.82, 2.24) is 10.3 Å². The summed E-state index contributed by atoms with van der Waals surface area (Å²) in [5, 5.41) is 3.46. The molecule has 0 saturated carbocycles.